The third-order valence-corrected chi connectivity index (χ3v) is 5.80. The van der Waals surface area contributed by atoms with Gasteiger partial charge in [-0.15, -0.1) is 11.3 Å². The molecule has 6 heteroatoms. The molecule has 0 bridgehead atoms. The number of carbonyl (C=O) groups is 2. The van der Waals surface area contributed by atoms with Crippen LogP contribution in [0, 0.1) is 0 Å². The van der Waals surface area contributed by atoms with Gasteiger partial charge in [0.2, 0.25) is 0 Å². The zero-order valence-electron chi connectivity index (χ0n) is 15.3. The van der Waals surface area contributed by atoms with Gasteiger partial charge in [-0.25, -0.2) is 0 Å². The smallest absolute Gasteiger partial charge is 0.264 e. The van der Waals surface area contributed by atoms with E-state index in [0.717, 1.165) is 4.88 Å². The normalized spacial score (nSPS) is 18.2. The van der Waals surface area contributed by atoms with Gasteiger partial charge in [-0.3, -0.25) is 9.59 Å². The van der Waals surface area contributed by atoms with Crippen LogP contribution in [0.5, 0.6) is 5.75 Å². The lowest BCUT2D eigenvalue weighted by Gasteiger charge is -2.22. The Morgan fingerprint density at radius 2 is 1.96 bits per heavy atom. The summed E-state index contributed by atoms with van der Waals surface area (Å²) in [4.78, 5) is 28.6. The van der Waals surface area contributed by atoms with Crippen LogP contribution in [-0.2, 0) is 16.9 Å². The molecule has 5 nitrogen and oxygen atoms in total. The summed E-state index contributed by atoms with van der Waals surface area (Å²) < 4.78 is 5.16. The maximum Gasteiger partial charge on any atom is 0.264 e. The second-order valence-electron chi connectivity index (χ2n) is 6.68. The fourth-order valence-electron chi connectivity index (χ4n) is 3.52. The van der Waals surface area contributed by atoms with Gasteiger partial charge in [0.05, 0.1) is 25.8 Å². The number of rotatable bonds is 6. The van der Waals surface area contributed by atoms with Crippen LogP contribution in [0.25, 0.3) is 0 Å². The number of amides is 1. The van der Waals surface area contributed by atoms with E-state index in [1.807, 2.05) is 23.6 Å². The van der Waals surface area contributed by atoms with E-state index in [1.165, 1.54) is 7.11 Å². The SMILES string of the molecule is COc1cccc(C(=O)C[C@]2(O)C(=O)N(Cc3cccs3)c3ccccc32)c1. The molecular weight excluding hydrogens is 374 g/mol. The predicted molar refractivity (Wildman–Crippen MR) is 108 cm³/mol. The molecule has 1 atom stereocenters. The van der Waals surface area contributed by atoms with Crippen LogP contribution in [0.1, 0.15) is 27.2 Å². The van der Waals surface area contributed by atoms with E-state index >= 15 is 0 Å². The number of para-hydroxylation sites is 1. The Balaban J connectivity index is 1.67. The van der Waals surface area contributed by atoms with Crippen LogP contribution in [0.4, 0.5) is 5.69 Å². The topological polar surface area (TPSA) is 66.8 Å². The van der Waals surface area contributed by atoms with Gasteiger partial charge in [-0.1, -0.05) is 36.4 Å². The van der Waals surface area contributed by atoms with Gasteiger partial charge in [-0.2, -0.15) is 0 Å². The predicted octanol–water partition coefficient (Wildman–Crippen LogP) is 3.76. The molecular formula is C22H19NO4S. The number of ether oxygens (including phenoxy) is 1. The minimum absolute atomic E-state index is 0.317. The number of hydrogen-bond donors (Lipinski definition) is 1. The molecule has 0 aliphatic carbocycles. The molecule has 0 spiro atoms. The maximum atomic E-state index is 13.2. The lowest BCUT2D eigenvalue weighted by molar-refractivity contribution is -0.136. The van der Waals surface area contributed by atoms with E-state index in [1.54, 1.807) is 58.7 Å². The fraction of sp³-hybridized carbons (Fsp3) is 0.182. The summed E-state index contributed by atoms with van der Waals surface area (Å²) in [6.07, 6.45) is -0.322. The van der Waals surface area contributed by atoms with Crippen molar-refractivity contribution in [2.45, 2.75) is 18.6 Å². The van der Waals surface area contributed by atoms with E-state index in [-0.39, 0.29) is 12.2 Å². The largest absolute Gasteiger partial charge is 0.497 e. The number of anilines is 1. The molecule has 0 unspecified atom stereocenters. The molecule has 4 rings (SSSR count). The van der Waals surface area contributed by atoms with Crippen molar-refractivity contribution in [3.63, 3.8) is 0 Å². The summed E-state index contributed by atoms with van der Waals surface area (Å²) in [5, 5.41) is 13.3. The highest BCUT2D eigenvalue weighted by Gasteiger charge is 2.50. The number of Topliss-reactive ketones (excluding diaryl/α,β-unsaturated/α-hetero) is 1. The number of nitrogens with zero attached hydrogens (tertiary/aromatic N) is 1. The third-order valence-electron chi connectivity index (χ3n) is 4.94. The molecule has 1 amide bonds. The second kappa shape index (κ2) is 7.22. The highest BCUT2D eigenvalue weighted by atomic mass is 32.1. The van der Waals surface area contributed by atoms with E-state index in [9.17, 15) is 14.7 Å². The van der Waals surface area contributed by atoms with Crippen LogP contribution in [-0.4, -0.2) is 23.9 Å². The Labute approximate surface area is 166 Å². The summed E-state index contributed by atoms with van der Waals surface area (Å²) in [6, 6.07) is 17.7. The van der Waals surface area contributed by atoms with Crippen molar-refractivity contribution in [3.8, 4) is 5.75 Å². The standard InChI is InChI=1S/C22H19NO4S/c1-27-16-7-4-6-15(12-16)20(24)13-22(26)18-9-2-3-10-19(18)23(21(22)25)14-17-8-5-11-28-17/h2-12,26H,13-14H2,1H3/t22-/m1/s1. The van der Waals surface area contributed by atoms with Crippen molar-refractivity contribution >= 4 is 28.7 Å². The van der Waals surface area contributed by atoms with Gasteiger partial charge >= 0.3 is 0 Å². The number of thiophene rings is 1. The quantitative estimate of drug-likeness (QED) is 0.648. The van der Waals surface area contributed by atoms with E-state index in [4.69, 9.17) is 4.74 Å². The van der Waals surface area contributed by atoms with Crippen LogP contribution >= 0.6 is 11.3 Å². The molecule has 0 saturated carbocycles. The van der Waals surface area contributed by atoms with Crippen molar-refractivity contribution in [2.75, 3.05) is 12.0 Å². The number of hydrogen-bond acceptors (Lipinski definition) is 5. The van der Waals surface area contributed by atoms with Gasteiger partial charge in [0.1, 0.15) is 5.75 Å². The lowest BCUT2D eigenvalue weighted by Crippen LogP contribution is -2.41. The van der Waals surface area contributed by atoms with Crippen LogP contribution < -0.4 is 9.64 Å². The molecule has 2 heterocycles. The number of aliphatic hydroxyl groups is 1. The first-order valence-corrected chi connectivity index (χ1v) is 9.74. The van der Waals surface area contributed by atoms with Crippen molar-refractivity contribution in [2.24, 2.45) is 0 Å². The number of carbonyl (C=O) groups excluding carboxylic acids is 2. The number of benzene rings is 2. The fourth-order valence-corrected chi connectivity index (χ4v) is 4.22. The first kappa shape index (κ1) is 18.4. The Morgan fingerprint density at radius 3 is 2.71 bits per heavy atom. The third kappa shape index (κ3) is 3.10. The molecule has 1 aliphatic rings. The van der Waals surface area contributed by atoms with E-state index < -0.39 is 11.5 Å². The molecule has 0 fully saturated rings. The molecule has 142 valence electrons. The van der Waals surface area contributed by atoms with Crippen molar-refractivity contribution < 1.29 is 19.4 Å². The maximum absolute atomic E-state index is 13.2. The van der Waals surface area contributed by atoms with Crippen molar-refractivity contribution in [3.05, 3.63) is 82.0 Å². The van der Waals surface area contributed by atoms with Gasteiger partial charge in [0, 0.05) is 16.0 Å². The molecule has 1 N–H and O–H groups in total. The Kier molecular flexibility index (Phi) is 4.75. The highest BCUT2D eigenvalue weighted by molar-refractivity contribution is 7.09. The minimum Gasteiger partial charge on any atom is -0.497 e. The summed E-state index contributed by atoms with van der Waals surface area (Å²) in [5.41, 5.74) is -0.377. The Morgan fingerprint density at radius 1 is 1.14 bits per heavy atom. The molecule has 0 saturated heterocycles. The molecule has 1 aliphatic heterocycles. The zero-order valence-corrected chi connectivity index (χ0v) is 16.1. The summed E-state index contributed by atoms with van der Waals surface area (Å²) in [5.74, 6) is -0.240. The molecule has 1 aromatic heterocycles. The van der Waals surface area contributed by atoms with E-state index in [0.29, 0.717) is 29.1 Å². The zero-order chi connectivity index (χ0) is 19.7. The first-order valence-electron chi connectivity index (χ1n) is 8.86. The van der Waals surface area contributed by atoms with Crippen LogP contribution in [0.2, 0.25) is 0 Å². The molecule has 2 aromatic carbocycles. The summed E-state index contributed by atoms with van der Waals surface area (Å²) in [6.45, 7) is 0.364. The van der Waals surface area contributed by atoms with Gasteiger partial charge in [0.15, 0.2) is 11.4 Å². The van der Waals surface area contributed by atoms with Crippen molar-refractivity contribution in [1.29, 1.82) is 0 Å². The molecule has 28 heavy (non-hydrogen) atoms. The average Bonchev–Trinajstić information content (AvgIpc) is 3.30. The van der Waals surface area contributed by atoms with E-state index in [2.05, 4.69) is 0 Å². The molecule has 3 aromatic rings. The van der Waals surface area contributed by atoms with Crippen LogP contribution in [0.3, 0.4) is 0 Å². The highest BCUT2D eigenvalue weighted by Crippen LogP contribution is 2.43. The average molecular weight is 393 g/mol. The lowest BCUT2D eigenvalue weighted by atomic mass is 9.88. The first-order chi connectivity index (χ1) is 13.5. The second-order valence-corrected chi connectivity index (χ2v) is 7.71. The van der Waals surface area contributed by atoms with Crippen molar-refractivity contribution in [1.82, 2.24) is 0 Å². The van der Waals surface area contributed by atoms with Gasteiger partial charge in [-0.05, 0) is 29.6 Å². The Hall–Kier alpha value is -2.96. The summed E-state index contributed by atoms with van der Waals surface area (Å²) in [7, 11) is 1.52. The number of ketones is 1. The van der Waals surface area contributed by atoms with Gasteiger partial charge < -0.3 is 14.7 Å². The summed E-state index contributed by atoms with van der Waals surface area (Å²) >= 11 is 1.55. The van der Waals surface area contributed by atoms with Gasteiger partial charge in [0.25, 0.3) is 5.91 Å². The number of fused-ring (bicyclic) bond motifs is 1. The minimum atomic E-state index is -1.88. The van der Waals surface area contributed by atoms with Crippen LogP contribution in [0.15, 0.2) is 66.0 Å². The molecule has 0 radical (unpaired) electrons. The number of methoxy groups -OCH3 is 1. The Bertz CT molecular complexity index is 1030. The monoisotopic (exact) mass is 393 g/mol.